The zero-order chi connectivity index (χ0) is 12.5. The zero-order valence-corrected chi connectivity index (χ0v) is 10.5. The van der Waals surface area contributed by atoms with Gasteiger partial charge in [0.25, 0.3) is 0 Å². The molecule has 0 saturated carbocycles. The molecule has 16 heavy (non-hydrogen) atoms. The van der Waals surface area contributed by atoms with Crippen molar-refractivity contribution in [3.8, 4) is 0 Å². The third-order valence-corrected chi connectivity index (χ3v) is 2.57. The van der Waals surface area contributed by atoms with Gasteiger partial charge in [-0.1, -0.05) is 11.6 Å². The minimum Gasteiger partial charge on any atom is -0.368 e. The Labute approximate surface area is 99.4 Å². The molecule has 0 saturated heterocycles. The van der Waals surface area contributed by atoms with E-state index in [4.69, 9.17) is 17.3 Å². The highest BCUT2D eigenvalue weighted by atomic mass is 35.5. The smallest absolute Gasteiger partial charge is 0.242 e. The Morgan fingerprint density at radius 3 is 2.31 bits per heavy atom. The number of carbonyl (C=O) groups excluding carboxylic acids is 1. The topological polar surface area (TPSA) is 80.9 Å². The van der Waals surface area contributed by atoms with E-state index in [-0.39, 0.29) is 5.15 Å². The number of aryl methyl sites for hydroxylation is 2. The second-order valence-corrected chi connectivity index (χ2v) is 4.51. The average molecular weight is 243 g/mol. The zero-order valence-electron chi connectivity index (χ0n) is 9.76. The second-order valence-electron chi connectivity index (χ2n) is 4.15. The summed E-state index contributed by atoms with van der Waals surface area (Å²) in [5, 5.41) is 3.11. The van der Waals surface area contributed by atoms with E-state index in [1.54, 1.807) is 13.8 Å². The predicted octanol–water partition coefficient (Wildman–Crippen LogP) is 1.42. The van der Waals surface area contributed by atoms with Crippen LogP contribution in [-0.2, 0) is 4.79 Å². The molecule has 1 aromatic rings. The molecule has 0 radical (unpaired) electrons. The molecule has 0 aliphatic rings. The molecule has 6 heteroatoms. The quantitative estimate of drug-likeness (QED) is 0.840. The SMILES string of the molecule is Cc1nc(Cl)c(NC(C)(C)C(N)=O)nc1C. The van der Waals surface area contributed by atoms with E-state index in [2.05, 4.69) is 15.3 Å². The van der Waals surface area contributed by atoms with Crippen molar-refractivity contribution in [2.75, 3.05) is 5.32 Å². The number of carbonyl (C=O) groups is 1. The molecule has 0 spiro atoms. The van der Waals surface area contributed by atoms with E-state index in [0.717, 1.165) is 11.4 Å². The van der Waals surface area contributed by atoms with Crippen molar-refractivity contribution in [1.82, 2.24) is 9.97 Å². The van der Waals surface area contributed by atoms with E-state index in [9.17, 15) is 4.79 Å². The van der Waals surface area contributed by atoms with Gasteiger partial charge >= 0.3 is 0 Å². The molecule has 0 aliphatic heterocycles. The maximum absolute atomic E-state index is 11.2. The summed E-state index contributed by atoms with van der Waals surface area (Å²) in [7, 11) is 0. The van der Waals surface area contributed by atoms with E-state index in [0.29, 0.717) is 5.82 Å². The molecular weight excluding hydrogens is 228 g/mol. The molecule has 0 unspecified atom stereocenters. The lowest BCUT2D eigenvalue weighted by atomic mass is 10.1. The predicted molar refractivity (Wildman–Crippen MR) is 63.4 cm³/mol. The third-order valence-electron chi connectivity index (χ3n) is 2.31. The molecule has 0 aliphatic carbocycles. The molecule has 3 N–H and O–H groups in total. The van der Waals surface area contributed by atoms with Gasteiger partial charge in [0.1, 0.15) is 5.54 Å². The minimum absolute atomic E-state index is 0.234. The van der Waals surface area contributed by atoms with Crippen LogP contribution in [0.2, 0.25) is 5.15 Å². The van der Waals surface area contributed by atoms with Crippen molar-refractivity contribution in [3.63, 3.8) is 0 Å². The fourth-order valence-electron chi connectivity index (χ4n) is 1.01. The number of anilines is 1. The van der Waals surface area contributed by atoms with Crippen LogP contribution >= 0.6 is 11.6 Å². The van der Waals surface area contributed by atoms with Crippen molar-refractivity contribution in [2.45, 2.75) is 33.2 Å². The van der Waals surface area contributed by atoms with Crippen LogP contribution in [0, 0.1) is 13.8 Å². The molecule has 0 aromatic carbocycles. The van der Waals surface area contributed by atoms with Gasteiger partial charge in [0.15, 0.2) is 11.0 Å². The highest BCUT2D eigenvalue weighted by Gasteiger charge is 2.26. The molecule has 0 atom stereocenters. The Balaban J connectivity index is 3.07. The Morgan fingerprint density at radius 1 is 1.31 bits per heavy atom. The van der Waals surface area contributed by atoms with Crippen molar-refractivity contribution >= 4 is 23.3 Å². The molecule has 5 nitrogen and oxygen atoms in total. The van der Waals surface area contributed by atoms with Crippen LogP contribution in [-0.4, -0.2) is 21.4 Å². The number of nitrogens with one attached hydrogen (secondary N) is 1. The summed E-state index contributed by atoms with van der Waals surface area (Å²) in [6, 6.07) is 0. The molecule has 0 bridgehead atoms. The number of rotatable bonds is 3. The highest BCUT2D eigenvalue weighted by Crippen LogP contribution is 2.21. The number of nitrogens with two attached hydrogens (primary N) is 1. The largest absolute Gasteiger partial charge is 0.368 e. The normalized spacial score (nSPS) is 11.3. The van der Waals surface area contributed by atoms with Crippen molar-refractivity contribution < 1.29 is 4.79 Å². The lowest BCUT2D eigenvalue weighted by molar-refractivity contribution is -0.121. The summed E-state index contributed by atoms with van der Waals surface area (Å²) < 4.78 is 0. The third kappa shape index (κ3) is 2.61. The number of halogens is 1. The van der Waals surface area contributed by atoms with E-state index in [1.807, 2.05) is 13.8 Å². The van der Waals surface area contributed by atoms with E-state index in [1.165, 1.54) is 0 Å². The van der Waals surface area contributed by atoms with Crippen LogP contribution in [0.5, 0.6) is 0 Å². The number of aromatic nitrogens is 2. The molecule has 1 rings (SSSR count). The van der Waals surface area contributed by atoms with Crippen LogP contribution in [0.3, 0.4) is 0 Å². The van der Waals surface area contributed by atoms with Gasteiger partial charge in [0, 0.05) is 0 Å². The molecule has 88 valence electrons. The van der Waals surface area contributed by atoms with Crippen LogP contribution in [0.4, 0.5) is 5.82 Å². The Kier molecular flexibility index (Phi) is 3.38. The number of hydrogen-bond acceptors (Lipinski definition) is 4. The van der Waals surface area contributed by atoms with Gasteiger partial charge in [-0.3, -0.25) is 4.79 Å². The Morgan fingerprint density at radius 2 is 1.81 bits per heavy atom. The first-order valence-electron chi connectivity index (χ1n) is 4.83. The molecule has 1 heterocycles. The number of nitrogens with zero attached hydrogens (tertiary/aromatic N) is 2. The Hall–Kier alpha value is -1.36. The first-order chi connectivity index (χ1) is 7.24. The lowest BCUT2D eigenvalue weighted by Crippen LogP contribution is -2.45. The van der Waals surface area contributed by atoms with Gasteiger partial charge < -0.3 is 11.1 Å². The van der Waals surface area contributed by atoms with E-state index < -0.39 is 11.4 Å². The van der Waals surface area contributed by atoms with Gasteiger partial charge in [-0.15, -0.1) is 0 Å². The molecular formula is C10H15ClN4O. The molecule has 1 amide bonds. The summed E-state index contributed by atoms with van der Waals surface area (Å²) in [6.45, 7) is 6.95. The standard InChI is InChI=1S/C10H15ClN4O/c1-5-6(2)14-8(7(11)13-5)15-10(3,4)9(12)16/h1-4H3,(H2,12,16)(H,14,15). The van der Waals surface area contributed by atoms with Crippen LogP contribution < -0.4 is 11.1 Å². The van der Waals surface area contributed by atoms with Crippen LogP contribution in [0.15, 0.2) is 0 Å². The van der Waals surface area contributed by atoms with E-state index >= 15 is 0 Å². The summed E-state index contributed by atoms with van der Waals surface area (Å²) in [5.74, 6) is -0.114. The minimum atomic E-state index is -0.917. The molecule has 0 fully saturated rings. The van der Waals surface area contributed by atoms with Gasteiger partial charge in [0.05, 0.1) is 11.4 Å². The monoisotopic (exact) mass is 242 g/mol. The van der Waals surface area contributed by atoms with Crippen molar-refractivity contribution in [2.24, 2.45) is 5.73 Å². The highest BCUT2D eigenvalue weighted by molar-refractivity contribution is 6.31. The van der Waals surface area contributed by atoms with Gasteiger partial charge in [-0.05, 0) is 27.7 Å². The van der Waals surface area contributed by atoms with Crippen molar-refractivity contribution in [1.29, 1.82) is 0 Å². The van der Waals surface area contributed by atoms with Crippen LogP contribution in [0.1, 0.15) is 25.2 Å². The number of primary amides is 1. The number of amides is 1. The summed E-state index contributed by atoms with van der Waals surface area (Å²) in [4.78, 5) is 19.5. The summed E-state index contributed by atoms with van der Waals surface area (Å²) in [6.07, 6.45) is 0. The maximum atomic E-state index is 11.2. The number of hydrogen-bond donors (Lipinski definition) is 2. The van der Waals surface area contributed by atoms with Crippen LogP contribution in [0.25, 0.3) is 0 Å². The van der Waals surface area contributed by atoms with Crippen molar-refractivity contribution in [3.05, 3.63) is 16.5 Å². The van der Waals surface area contributed by atoms with Gasteiger partial charge in [-0.2, -0.15) is 0 Å². The maximum Gasteiger partial charge on any atom is 0.242 e. The van der Waals surface area contributed by atoms with Gasteiger partial charge in [-0.25, -0.2) is 9.97 Å². The summed E-state index contributed by atoms with van der Waals surface area (Å²) in [5.41, 5.74) is 5.84. The first kappa shape index (κ1) is 12.7. The second kappa shape index (κ2) is 4.25. The first-order valence-corrected chi connectivity index (χ1v) is 5.20. The Bertz CT molecular complexity index is 431. The molecule has 1 aromatic heterocycles. The summed E-state index contributed by atoms with van der Waals surface area (Å²) >= 11 is 5.92. The van der Waals surface area contributed by atoms with Gasteiger partial charge in [0.2, 0.25) is 5.91 Å². The average Bonchev–Trinajstić information content (AvgIpc) is 2.13. The fourth-order valence-corrected chi connectivity index (χ4v) is 1.23. The lowest BCUT2D eigenvalue weighted by Gasteiger charge is -2.23. The fraction of sp³-hybridized carbons (Fsp3) is 0.500.